The van der Waals surface area contributed by atoms with Gasteiger partial charge in [0.1, 0.15) is 19.5 Å². The number of ether oxygens (including phenoxy) is 2. The molecule has 0 bridgehead atoms. The van der Waals surface area contributed by atoms with Crippen LogP contribution in [0.2, 0.25) is 0 Å². The molecule has 2 aromatic carbocycles. The van der Waals surface area contributed by atoms with Crippen molar-refractivity contribution in [1.82, 2.24) is 19.2 Å². The molecule has 26 heavy (non-hydrogen) atoms. The first-order valence-electron chi connectivity index (χ1n) is 8.29. The zero-order valence-electron chi connectivity index (χ0n) is 13.8. The highest BCUT2D eigenvalue weighted by Gasteiger charge is 2.15. The molecule has 128 valence electrons. The van der Waals surface area contributed by atoms with Crippen LogP contribution in [0, 0.1) is 0 Å². The summed E-state index contributed by atoms with van der Waals surface area (Å²) >= 11 is 0. The van der Waals surface area contributed by atoms with Crippen molar-refractivity contribution in [2.45, 2.75) is 0 Å². The van der Waals surface area contributed by atoms with Gasteiger partial charge >= 0.3 is 0 Å². The quantitative estimate of drug-likeness (QED) is 0.535. The summed E-state index contributed by atoms with van der Waals surface area (Å²) in [5, 5.41) is 4.28. The first kappa shape index (κ1) is 14.7. The van der Waals surface area contributed by atoms with Crippen molar-refractivity contribution >= 4 is 17.8 Å². The van der Waals surface area contributed by atoms with Crippen LogP contribution >= 0.6 is 0 Å². The van der Waals surface area contributed by atoms with E-state index in [9.17, 15) is 0 Å². The second-order valence-electron chi connectivity index (χ2n) is 5.83. The Bertz CT molecular complexity index is 1100. The van der Waals surface area contributed by atoms with Crippen molar-refractivity contribution in [3.05, 3.63) is 66.6 Å². The summed E-state index contributed by atoms with van der Waals surface area (Å²) in [6.07, 6.45) is 5.23. The molecule has 0 radical (unpaired) electrons. The van der Waals surface area contributed by atoms with Gasteiger partial charge in [0, 0.05) is 12.3 Å². The molecule has 7 nitrogen and oxygen atoms in total. The van der Waals surface area contributed by atoms with Crippen LogP contribution in [-0.4, -0.2) is 38.6 Å². The molecule has 2 aromatic heterocycles. The number of imidazole rings is 1. The lowest BCUT2D eigenvalue weighted by Gasteiger charge is -2.18. The first-order chi connectivity index (χ1) is 12.9. The fourth-order valence-electron chi connectivity index (χ4n) is 2.93. The van der Waals surface area contributed by atoms with E-state index in [4.69, 9.17) is 9.47 Å². The van der Waals surface area contributed by atoms with Gasteiger partial charge in [0.2, 0.25) is 5.78 Å². The highest BCUT2D eigenvalue weighted by Crippen LogP contribution is 2.33. The molecule has 3 heterocycles. The van der Waals surface area contributed by atoms with Gasteiger partial charge < -0.3 is 9.47 Å². The van der Waals surface area contributed by atoms with E-state index < -0.39 is 0 Å². The Hall–Kier alpha value is -3.61. The molecule has 0 saturated heterocycles. The molecule has 1 aliphatic rings. The molecule has 7 heteroatoms. The van der Waals surface area contributed by atoms with Crippen molar-refractivity contribution in [3.8, 4) is 17.2 Å². The topological polar surface area (TPSA) is 65.9 Å². The molecule has 0 spiro atoms. The zero-order chi connectivity index (χ0) is 17.3. The van der Waals surface area contributed by atoms with Gasteiger partial charge in [0.05, 0.1) is 11.9 Å². The maximum absolute atomic E-state index is 5.68. The van der Waals surface area contributed by atoms with E-state index in [1.54, 1.807) is 4.52 Å². The van der Waals surface area contributed by atoms with E-state index in [2.05, 4.69) is 15.1 Å². The van der Waals surface area contributed by atoms with Gasteiger partial charge in [0.25, 0.3) is 0 Å². The van der Waals surface area contributed by atoms with Gasteiger partial charge in [-0.15, -0.1) is 0 Å². The summed E-state index contributed by atoms with van der Waals surface area (Å²) in [5.74, 6) is 2.86. The normalized spacial score (nSPS) is 13.5. The van der Waals surface area contributed by atoms with Crippen LogP contribution in [0.4, 0.5) is 5.82 Å². The summed E-state index contributed by atoms with van der Waals surface area (Å²) in [5.41, 5.74) is 1.93. The number of hydrogen-bond donors (Lipinski definition) is 0. The molecule has 0 saturated carbocycles. The summed E-state index contributed by atoms with van der Waals surface area (Å²) < 4.78 is 14.9. The summed E-state index contributed by atoms with van der Waals surface area (Å²) in [4.78, 5) is 8.92. The van der Waals surface area contributed by atoms with E-state index in [1.807, 2.05) is 65.5 Å². The van der Waals surface area contributed by atoms with Crippen LogP contribution in [0.25, 0.3) is 11.5 Å². The number of nitrogens with zero attached hydrogens (tertiary/aromatic N) is 5. The first-order valence-corrected chi connectivity index (χ1v) is 8.29. The molecule has 0 unspecified atom stereocenters. The van der Waals surface area contributed by atoms with Crippen molar-refractivity contribution in [1.29, 1.82) is 0 Å². The zero-order valence-corrected chi connectivity index (χ0v) is 13.8. The van der Waals surface area contributed by atoms with Crippen LogP contribution < -0.4 is 9.47 Å². The van der Waals surface area contributed by atoms with Crippen LogP contribution in [0.3, 0.4) is 0 Å². The van der Waals surface area contributed by atoms with Gasteiger partial charge in [-0.3, -0.25) is 4.57 Å². The summed E-state index contributed by atoms with van der Waals surface area (Å²) in [7, 11) is 0. The predicted molar refractivity (Wildman–Crippen MR) is 97.0 cm³/mol. The molecular formula is C19H15N5O2. The van der Waals surface area contributed by atoms with Crippen molar-refractivity contribution in [2.75, 3.05) is 13.2 Å². The number of fused-ring (bicyclic) bond motifs is 2. The van der Waals surface area contributed by atoms with Crippen molar-refractivity contribution in [3.63, 3.8) is 0 Å². The number of aliphatic imine (C=N–C) groups is 1. The van der Waals surface area contributed by atoms with Gasteiger partial charge in [-0.25, -0.2) is 4.99 Å². The second-order valence-corrected chi connectivity index (χ2v) is 5.83. The van der Waals surface area contributed by atoms with E-state index in [0.717, 1.165) is 22.7 Å². The Morgan fingerprint density at radius 2 is 1.85 bits per heavy atom. The number of aromatic nitrogens is 4. The molecular weight excluding hydrogens is 330 g/mol. The Kier molecular flexibility index (Phi) is 3.41. The smallest absolute Gasteiger partial charge is 0.239 e. The average molecular weight is 345 g/mol. The van der Waals surface area contributed by atoms with Crippen molar-refractivity contribution < 1.29 is 9.47 Å². The molecule has 0 atom stereocenters. The molecule has 0 amide bonds. The largest absolute Gasteiger partial charge is 0.486 e. The average Bonchev–Trinajstić information content (AvgIpc) is 3.30. The lowest BCUT2D eigenvalue weighted by molar-refractivity contribution is 0.171. The maximum Gasteiger partial charge on any atom is 0.239 e. The molecule has 0 N–H and O–H groups in total. The maximum atomic E-state index is 5.68. The lowest BCUT2D eigenvalue weighted by atomic mass is 10.2. The third kappa shape index (κ3) is 2.50. The Morgan fingerprint density at radius 3 is 2.73 bits per heavy atom. The Balaban J connectivity index is 1.57. The summed E-state index contributed by atoms with van der Waals surface area (Å²) in [6.45, 7) is 1.12. The van der Waals surface area contributed by atoms with Crippen LogP contribution in [0.5, 0.6) is 11.5 Å². The van der Waals surface area contributed by atoms with Crippen molar-refractivity contribution in [2.24, 2.45) is 4.99 Å². The molecule has 0 fully saturated rings. The minimum Gasteiger partial charge on any atom is -0.486 e. The number of rotatable bonds is 3. The van der Waals surface area contributed by atoms with Gasteiger partial charge in [0.15, 0.2) is 17.3 Å². The van der Waals surface area contributed by atoms with Gasteiger partial charge in [-0.05, 0) is 17.7 Å². The molecule has 5 rings (SSSR count). The molecule has 4 aromatic rings. The van der Waals surface area contributed by atoms with Gasteiger partial charge in [-0.1, -0.05) is 30.3 Å². The molecule has 1 aliphatic heterocycles. The van der Waals surface area contributed by atoms with E-state index in [-0.39, 0.29) is 0 Å². The highest BCUT2D eigenvalue weighted by molar-refractivity contribution is 5.81. The predicted octanol–water partition coefficient (Wildman–Crippen LogP) is 3.04. The monoisotopic (exact) mass is 345 g/mol. The highest BCUT2D eigenvalue weighted by atomic mass is 16.6. The number of hydrogen-bond acceptors (Lipinski definition) is 5. The lowest BCUT2D eigenvalue weighted by Crippen LogP contribution is -2.15. The van der Waals surface area contributed by atoms with Gasteiger partial charge in [-0.2, -0.15) is 14.6 Å². The number of benzene rings is 2. The Labute approximate surface area is 149 Å². The summed E-state index contributed by atoms with van der Waals surface area (Å²) in [6, 6.07) is 15.7. The van der Waals surface area contributed by atoms with E-state index >= 15 is 0 Å². The second kappa shape index (κ2) is 6.03. The van der Waals surface area contributed by atoms with Crippen LogP contribution in [0.15, 0.2) is 66.0 Å². The third-order valence-electron chi connectivity index (χ3n) is 4.16. The standard InChI is InChI=1S/C19H15N5O2/c1-2-4-14(5-3-1)11-20-18-12-23(19-21-13-22-24(18)19)15-6-7-16-17(10-15)26-9-8-25-16/h1-7,10-13H,8-9H2/b20-11+. The fraction of sp³-hybridized carbons (Fsp3) is 0.105. The van der Waals surface area contributed by atoms with E-state index in [1.165, 1.54) is 6.33 Å². The minimum absolute atomic E-state index is 0.551. The van der Waals surface area contributed by atoms with E-state index in [0.29, 0.717) is 24.8 Å². The molecule has 0 aliphatic carbocycles. The SMILES string of the molecule is C(=N\c1cn(-c2ccc3c(c2)OCCO3)c2ncnn12)/c1ccccc1. The Morgan fingerprint density at radius 1 is 1.00 bits per heavy atom. The third-order valence-corrected chi connectivity index (χ3v) is 4.16. The van der Waals surface area contributed by atoms with Crippen LogP contribution in [0.1, 0.15) is 5.56 Å². The minimum atomic E-state index is 0.551. The van der Waals surface area contributed by atoms with Crippen LogP contribution in [-0.2, 0) is 0 Å². The fourth-order valence-corrected chi connectivity index (χ4v) is 2.93.